The Hall–Kier alpha value is -3.05. The van der Waals surface area contributed by atoms with Gasteiger partial charge in [0.25, 0.3) is 0 Å². The number of fused-ring (bicyclic) bond motifs is 1. The summed E-state index contributed by atoms with van der Waals surface area (Å²) in [7, 11) is -4.19. The second-order valence-corrected chi connectivity index (χ2v) is 8.78. The number of para-hydroxylation sites is 1. The minimum Gasteiger partial charge on any atom is -0.454 e. The van der Waals surface area contributed by atoms with E-state index in [0.717, 1.165) is 5.39 Å². The summed E-state index contributed by atoms with van der Waals surface area (Å²) in [4.78, 5) is -0.742. The molecule has 0 aliphatic rings. The van der Waals surface area contributed by atoms with Gasteiger partial charge in [0.15, 0.2) is 5.76 Å². The van der Waals surface area contributed by atoms with Crippen molar-refractivity contribution < 1.29 is 12.8 Å². The number of H-pyrrole nitrogens is 1. The van der Waals surface area contributed by atoms with Crippen LogP contribution in [0.15, 0.2) is 68.9 Å². The van der Waals surface area contributed by atoms with Crippen LogP contribution >= 0.6 is 23.2 Å². The third kappa shape index (κ3) is 3.54. The second kappa shape index (κ2) is 7.41. The van der Waals surface area contributed by atoms with E-state index in [2.05, 4.69) is 10.2 Å². The molecule has 0 unspecified atom stereocenters. The molecule has 0 spiro atoms. The van der Waals surface area contributed by atoms with Crippen molar-refractivity contribution in [2.75, 3.05) is 0 Å². The number of furan rings is 1. The molecule has 144 valence electrons. The van der Waals surface area contributed by atoms with Crippen LogP contribution in [0, 0.1) is 11.3 Å². The maximum atomic E-state index is 13.0. The lowest BCUT2D eigenvalue weighted by Gasteiger charge is -2.06. The zero-order valence-corrected chi connectivity index (χ0v) is 16.9. The number of nitriles is 1. The Labute approximate surface area is 175 Å². The average molecular weight is 444 g/mol. The van der Waals surface area contributed by atoms with Crippen molar-refractivity contribution in [2.24, 2.45) is 0 Å². The molecule has 2 aromatic heterocycles. The number of hydrogen-bond acceptors (Lipinski definition) is 5. The highest BCUT2D eigenvalue weighted by Gasteiger charge is 2.25. The zero-order valence-electron chi connectivity index (χ0n) is 14.6. The Balaban J connectivity index is 1.82. The summed E-state index contributed by atoms with van der Waals surface area (Å²) in [6.45, 7) is 0. The normalized spacial score (nSPS) is 12.2. The number of nitrogens with zero attached hydrogens (tertiary/aromatic N) is 2. The van der Waals surface area contributed by atoms with Gasteiger partial charge >= 0.3 is 0 Å². The van der Waals surface area contributed by atoms with Crippen LogP contribution in [-0.2, 0) is 9.84 Å². The third-order valence-corrected chi connectivity index (χ3v) is 6.59. The highest BCUT2D eigenvalue weighted by Crippen LogP contribution is 2.33. The van der Waals surface area contributed by atoms with Gasteiger partial charge in [-0.3, -0.25) is 5.10 Å². The Morgan fingerprint density at radius 1 is 1.17 bits per heavy atom. The molecule has 2 aromatic carbocycles. The van der Waals surface area contributed by atoms with Gasteiger partial charge in [-0.15, -0.1) is 0 Å². The Morgan fingerprint density at radius 2 is 1.97 bits per heavy atom. The van der Waals surface area contributed by atoms with Crippen LogP contribution in [0.4, 0.5) is 0 Å². The SMILES string of the molecule is N#CC(=Cc1cn[nH]c1-c1cc2ccccc2o1)S(=O)(=O)c1cc(Cl)ccc1Cl. The molecular weight excluding hydrogens is 433 g/mol. The van der Waals surface area contributed by atoms with Gasteiger partial charge < -0.3 is 4.42 Å². The van der Waals surface area contributed by atoms with Gasteiger partial charge in [0.1, 0.15) is 22.3 Å². The van der Waals surface area contributed by atoms with Gasteiger partial charge in [-0.1, -0.05) is 41.4 Å². The smallest absolute Gasteiger partial charge is 0.218 e. The fourth-order valence-corrected chi connectivity index (χ4v) is 4.73. The minimum atomic E-state index is -4.19. The summed E-state index contributed by atoms with van der Waals surface area (Å²) in [5.41, 5.74) is 1.49. The molecule has 4 rings (SSSR count). The van der Waals surface area contributed by atoms with Crippen LogP contribution in [0.1, 0.15) is 5.56 Å². The van der Waals surface area contributed by atoms with Gasteiger partial charge in [0.05, 0.1) is 16.1 Å². The first kappa shape index (κ1) is 19.3. The molecule has 0 fully saturated rings. The lowest BCUT2D eigenvalue weighted by Crippen LogP contribution is -2.04. The molecule has 0 aliphatic carbocycles. The van der Waals surface area contributed by atoms with E-state index in [9.17, 15) is 13.7 Å². The molecule has 2 heterocycles. The number of aromatic nitrogens is 2. The van der Waals surface area contributed by atoms with Crippen molar-refractivity contribution >= 4 is 50.1 Å². The summed E-state index contributed by atoms with van der Waals surface area (Å²) in [6.07, 6.45) is 2.63. The van der Waals surface area contributed by atoms with E-state index < -0.39 is 14.7 Å². The molecule has 1 N–H and O–H groups in total. The molecule has 0 saturated carbocycles. The Bertz CT molecular complexity index is 1380. The number of nitrogens with one attached hydrogen (secondary N) is 1. The molecule has 29 heavy (non-hydrogen) atoms. The van der Waals surface area contributed by atoms with Crippen molar-refractivity contribution in [2.45, 2.75) is 4.90 Å². The quantitative estimate of drug-likeness (QED) is 0.421. The monoisotopic (exact) mass is 443 g/mol. The Morgan fingerprint density at radius 3 is 2.72 bits per heavy atom. The summed E-state index contributed by atoms with van der Waals surface area (Å²) in [5, 5.41) is 17.3. The molecule has 0 amide bonds. The van der Waals surface area contributed by atoms with Crippen LogP contribution in [0.3, 0.4) is 0 Å². The number of allylic oxidation sites excluding steroid dienone is 1. The molecule has 6 nitrogen and oxygen atoms in total. The van der Waals surface area contributed by atoms with E-state index in [-0.39, 0.29) is 14.9 Å². The molecule has 0 aliphatic heterocycles. The van der Waals surface area contributed by atoms with Gasteiger partial charge in [-0.25, -0.2) is 8.42 Å². The van der Waals surface area contributed by atoms with E-state index in [4.69, 9.17) is 27.6 Å². The van der Waals surface area contributed by atoms with Crippen molar-refractivity contribution in [3.05, 3.63) is 75.2 Å². The molecule has 0 saturated heterocycles. The first-order valence-corrected chi connectivity index (χ1v) is 10.5. The molecule has 4 aromatic rings. The number of benzene rings is 2. The number of aromatic amines is 1. The molecular formula is C20H11Cl2N3O3S. The van der Waals surface area contributed by atoms with Crippen LogP contribution in [0.2, 0.25) is 10.0 Å². The van der Waals surface area contributed by atoms with Crippen molar-refractivity contribution in [3.63, 3.8) is 0 Å². The van der Waals surface area contributed by atoms with Gasteiger partial charge in [0, 0.05) is 16.0 Å². The average Bonchev–Trinajstić information content (AvgIpc) is 3.33. The summed E-state index contributed by atoms with van der Waals surface area (Å²) < 4.78 is 31.7. The van der Waals surface area contributed by atoms with E-state index in [1.54, 1.807) is 12.1 Å². The van der Waals surface area contributed by atoms with Crippen molar-refractivity contribution in [3.8, 4) is 17.5 Å². The predicted octanol–water partition coefficient (Wildman–Crippen LogP) is 5.47. The molecule has 0 atom stereocenters. The van der Waals surface area contributed by atoms with E-state index in [1.807, 2.05) is 24.3 Å². The van der Waals surface area contributed by atoms with E-state index in [0.29, 0.717) is 22.6 Å². The summed E-state index contributed by atoms with van der Waals surface area (Å²) >= 11 is 11.9. The Kier molecular flexibility index (Phi) is 4.92. The fraction of sp³-hybridized carbons (Fsp3) is 0. The van der Waals surface area contributed by atoms with E-state index in [1.165, 1.54) is 30.5 Å². The highest BCUT2D eigenvalue weighted by molar-refractivity contribution is 7.95. The zero-order chi connectivity index (χ0) is 20.6. The van der Waals surface area contributed by atoms with E-state index >= 15 is 0 Å². The van der Waals surface area contributed by atoms with Crippen LogP contribution in [0.5, 0.6) is 0 Å². The predicted molar refractivity (Wildman–Crippen MR) is 111 cm³/mol. The van der Waals surface area contributed by atoms with Gasteiger partial charge in [-0.05, 0) is 36.4 Å². The number of rotatable bonds is 4. The standard InChI is InChI=1S/C20H11Cl2N3O3S/c21-14-5-6-16(22)19(9-14)29(26,27)15(10-23)7-13-11-24-25-20(13)18-8-12-3-1-2-4-17(12)28-18/h1-9,11H,(H,24,25). The lowest BCUT2D eigenvalue weighted by atomic mass is 10.2. The molecule has 0 radical (unpaired) electrons. The lowest BCUT2D eigenvalue weighted by molar-refractivity contribution is 0.603. The van der Waals surface area contributed by atoms with Crippen molar-refractivity contribution in [1.82, 2.24) is 10.2 Å². The van der Waals surface area contributed by atoms with Crippen LogP contribution < -0.4 is 0 Å². The van der Waals surface area contributed by atoms with Gasteiger partial charge in [-0.2, -0.15) is 10.4 Å². The summed E-state index contributed by atoms with van der Waals surface area (Å²) in [5.74, 6) is 0.463. The molecule has 0 bridgehead atoms. The minimum absolute atomic E-state index is 0.0275. The first-order valence-electron chi connectivity index (χ1n) is 8.24. The third-order valence-electron chi connectivity index (χ3n) is 4.21. The van der Waals surface area contributed by atoms with Crippen LogP contribution in [-0.4, -0.2) is 18.6 Å². The summed E-state index contributed by atoms with van der Waals surface area (Å²) in [6, 6.07) is 15.0. The largest absolute Gasteiger partial charge is 0.454 e. The number of sulfone groups is 1. The maximum absolute atomic E-state index is 13.0. The maximum Gasteiger partial charge on any atom is 0.218 e. The topological polar surface area (TPSA) is 99.8 Å². The molecule has 9 heteroatoms. The number of halogens is 2. The number of hydrogen-bond donors (Lipinski definition) is 1. The van der Waals surface area contributed by atoms with Crippen molar-refractivity contribution in [1.29, 1.82) is 5.26 Å². The first-order chi connectivity index (χ1) is 13.9. The van der Waals surface area contributed by atoms with Gasteiger partial charge in [0.2, 0.25) is 9.84 Å². The second-order valence-electron chi connectivity index (χ2n) is 6.05. The fourth-order valence-electron chi connectivity index (χ4n) is 2.82. The highest BCUT2D eigenvalue weighted by atomic mass is 35.5. The van der Waals surface area contributed by atoms with Crippen LogP contribution in [0.25, 0.3) is 28.5 Å².